The van der Waals surface area contributed by atoms with E-state index in [1.165, 1.54) is 35.5 Å². The zero-order valence-electron chi connectivity index (χ0n) is 16.1. The predicted octanol–water partition coefficient (Wildman–Crippen LogP) is 3.48. The van der Waals surface area contributed by atoms with Crippen molar-refractivity contribution in [3.63, 3.8) is 0 Å². The molecule has 0 aliphatic carbocycles. The number of carbonyl (C=O) groups excluding carboxylic acids is 1. The summed E-state index contributed by atoms with van der Waals surface area (Å²) in [6, 6.07) is 7.93. The van der Waals surface area contributed by atoms with Crippen molar-refractivity contribution < 1.29 is 27.4 Å². The number of alkyl halides is 3. The number of ether oxygens (including phenoxy) is 2. The van der Waals surface area contributed by atoms with Crippen molar-refractivity contribution in [3.05, 3.63) is 53.3 Å². The normalized spacial score (nSPS) is 14.8. The van der Waals surface area contributed by atoms with E-state index in [4.69, 9.17) is 10.00 Å². The molecule has 1 aromatic carbocycles. The molecule has 30 heavy (non-hydrogen) atoms. The summed E-state index contributed by atoms with van der Waals surface area (Å²) in [7, 11) is 0. The highest BCUT2D eigenvalue weighted by atomic mass is 19.4. The standard InChI is InChI=1S/C20H19F3N4O3/c1-14-16(3-2-4-18(14)30-20(21,22)23)13-26-5-7-27(8-6-26)19(28)29-17-9-15(10-24)11-25-12-17/h2-4,9,11-12H,5-8,13H2,1H3. The summed E-state index contributed by atoms with van der Waals surface area (Å²) in [5, 5.41) is 8.88. The Morgan fingerprint density at radius 2 is 1.97 bits per heavy atom. The van der Waals surface area contributed by atoms with E-state index >= 15 is 0 Å². The van der Waals surface area contributed by atoms with Crippen LogP contribution in [-0.4, -0.2) is 53.4 Å². The van der Waals surface area contributed by atoms with Crippen molar-refractivity contribution >= 4 is 6.09 Å². The Labute approximate surface area is 171 Å². The zero-order chi connectivity index (χ0) is 21.7. The summed E-state index contributed by atoms with van der Waals surface area (Å²) in [6.45, 7) is 3.92. The van der Waals surface area contributed by atoms with Crippen LogP contribution in [0.4, 0.5) is 18.0 Å². The molecular formula is C20H19F3N4O3. The van der Waals surface area contributed by atoms with Gasteiger partial charge in [-0.05, 0) is 24.1 Å². The number of hydrogen-bond donors (Lipinski definition) is 0. The molecule has 0 radical (unpaired) electrons. The maximum absolute atomic E-state index is 12.5. The Kier molecular flexibility index (Phi) is 6.42. The first-order chi connectivity index (χ1) is 14.2. The number of nitriles is 1. The second kappa shape index (κ2) is 9.00. The number of pyridine rings is 1. The zero-order valence-corrected chi connectivity index (χ0v) is 16.1. The number of amides is 1. The third kappa shape index (κ3) is 5.61. The number of benzene rings is 1. The van der Waals surface area contributed by atoms with Gasteiger partial charge in [0.25, 0.3) is 0 Å². The maximum atomic E-state index is 12.5. The van der Waals surface area contributed by atoms with Crippen LogP contribution >= 0.6 is 0 Å². The maximum Gasteiger partial charge on any atom is 0.573 e. The van der Waals surface area contributed by atoms with Crippen molar-refractivity contribution in [2.45, 2.75) is 19.8 Å². The van der Waals surface area contributed by atoms with Crippen LogP contribution in [-0.2, 0) is 6.54 Å². The molecule has 0 N–H and O–H groups in total. The number of rotatable bonds is 4. The average molecular weight is 420 g/mol. The molecule has 0 saturated carbocycles. The molecule has 3 rings (SSSR count). The molecule has 1 aliphatic rings. The van der Waals surface area contributed by atoms with Crippen molar-refractivity contribution in [1.82, 2.24) is 14.8 Å². The van der Waals surface area contributed by atoms with Gasteiger partial charge >= 0.3 is 12.5 Å². The lowest BCUT2D eigenvalue weighted by Gasteiger charge is -2.34. The van der Waals surface area contributed by atoms with E-state index in [2.05, 4.69) is 9.72 Å². The highest BCUT2D eigenvalue weighted by molar-refractivity contribution is 5.70. The molecule has 2 aromatic rings. The fourth-order valence-corrected chi connectivity index (χ4v) is 3.10. The lowest BCUT2D eigenvalue weighted by atomic mass is 10.1. The van der Waals surface area contributed by atoms with Crippen LogP contribution in [0.25, 0.3) is 0 Å². The number of carbonyl (C=O) groups is 1. The van der Waals surface area contributed by atoms with Gasteiger partial charge in [0.15, 0.2) is 5.75 Å². The molecule has 0 unspecified atom stereocenters. The lowest BCUT2D eigenvalue weighted by molar-refractivity contribution is -0.274. The van der Waals surface area contributed by atoms with Crippen LogP contribution in [0.3, 0.4) is 0 Å². The largest absolute Gasteiger partial charge is 0.573 e. The minimum Gasteiger partial charge on any atom is -0.409 e. The molecular weight excluding hydrogens is 401 g/mol. The average Bonchev–Trinajstić information content (AvgIpc) is 2.70. The quantitative estimate of drug-likeness (QED) is 0.754. The minimum atomic E-state index is -4.74. The topological polar surface area (TPSA) is 78.7 Å². The molecule has 2 heterocycles. The van der Waals surface area contributed by atoms with Gasteiger partial charge in [-0.1, -0.05) is 12.1 Å². The SMILES string of the molecule is Cc1c(CN2CCN(C(=O)Oc3cncc(C#N)c3)CC2)cccc1OC(F)(F)F. The van der Waals surface area contributed by atoms with E-state index in [0.717, 1.165) is 5.56 Å². The summed E-state index contributed by atoms with van der Waals surface area (Å²) in [6.07, 6.45) is -2.55. The minimum absolute atomic E-state index is 0.193. The van der Waals surface area contributed by atoms with Crippen LogP contribution in [0, 0.1) is 18.3 Å². The van der Waals surface area contributed by atoms with Gasteiger partial charge in [-0.3, -0.25) is 9.88 Å². The Bertz CT molecular complexity index is 951. The van der Waals surface area contributed by atoms with Gasteiger partial charge in [0.2, 0.25) is 0 Å². The molecule has 0 bridgehead atoms. The Balaban J connectivity index is 1.55. The van der Waals surface area contributed by atoms with Gasteiger partial charge in [0, 0.05) is 45.0 Å². The Hall–Kier alpha value is -3.32. The predicted molar refractivity (Wildman–Crippen MR) is 99.7 cm³/mol. The molecule has 1 saturated heterocycles. The van der Waals surface area contributed by atoms with Crippen molar-refractivity contribution in [2.24, 2.45) is 0 Å². The lowest BCUT2D eigenvalue weighted by Crippen LogP contribution is -2.49. The van der Waals surface area contributed by atoms with Crippen molar-refractivity contribution in [2.75, 3.05) is 26.2 Å². The third-order valence-electron chi connectivity index (χ3n) is 4.69. The second-order valence-corrected chi connectivity index (χ2v) is 6.74. The molecule has 1 aromatic heterocycles. The van der Waals surface area contributed by atoms with E-state index in [1.807, 2.05) is 11.0 Å². The third-order valence-corrected chi connectivity index (χ3v) is 4.69. The number of hydrogen-bond acceptors (Lipinski definition) is 6. The Morgan fingerprint density at radius 1 is 1.23 bits per heavy atom. The van der Waals surface area contributed by atoms with Crippen molar-refractivity contribution in [1.29, 1.82) is 5.26 Å². The number of piperazine rings is 1. The van der Waals surface area contributed by atoms with Crippen molar-refractivity contribution in [3.8, 4) is 17.6 Å². The smallest absolute Gasteiger partial charge is 0.409 e. The first-order valence-corrected chi connectivity index (χ1v) is 9.13. The highest BCUT2D eigenvalue weighted by Gasteiger charge is 2.32. The fourth-order valence-electron chi connectivity index (χ4n) is 3.10. The Morgan fingerprint density at radius 3 is 2.63 bits per heavy atom. The van der Waals surface area contributed by atoms with Gasteiger partial charge in [0.05, 0.1) is 11.8 Å². The molecule has 1 fully saturated rings. The number of nitrogens with zero attached hydrogens (tertiary/aromatic N) is 4. The second-order valence-electron chi connectivity index (χ2n) is 6.74. The van der Waals surface area contributed by atoms with Crippen LogP contribution in [0.15, 0.2) is 36.7 Å². The molecule has 1 aliphatic heterocycles. The molecule has 10 heteroatoms. The first kappa shape index (κ1) is 21.4. The molecule has 0 spiro atoms. The van der Waals surface area contributed by atoms with E-state index in [0.29, 0.717) is 38.3 Å². The first-order valence-electron chi connectivity index (χ1n) is 9.13. The van der Waals surface area contributed by atoms with Crippen LogP contribution < -0.4 is 9.47 Å². The van der Waals surface area contributed by atoms with Gasteiger partial charge in [-0.25, -0.2) is 4.79 Å². The van der Waals surface area contributed by atoms with Gasteiger partial charge in [-0.2, -0.15) is 5.26 Å². The monoisotopic (exact) mass is 420 g/mol. The summed E-state index contributed by atoms with van der Waals surface area (Å²) in [5.74, 6) is -0.0194. The molecule has 7 nitrogen and oxygen atoms in total. The van der Waals surface area contributed by atoms with Crippen LogP contribution in [0.5, 0.6) is 11.5 Å². The van der Waals surface area contributed by atoms with E-state index in [1.54, 1.807) is 13.0 Å². The van der Waals surface area contributed by atoms with E-state index in [-0.39, 0.29) is 17.1 Å². The fraction of sp³-hybridized carbons (Fsp3) is 0.350. The van der Waals surface area contributed by atoms with Gasteiger partial charge in [0.1, 0.15) is 11.8 Å². The van der Waals surface area contributed by atoms with E-state index in [9.17, 15) is 18.0 Å². The molecule has 1 amide bonds. The van der Waals surface area contributed by atoms with Gasteiger partial charge < -0.3 is 14.4 Å². The summed E-state index contributed by atoms with van der Waals surface area (Å²) in [5.41, 5.74) is 1.45. The van der Waals surface area contributed by atoms with Crippen LogP contribution in [0.1, 0.15) is 16.7 Å². The number of aromatic nitrogens is 1. The summed E-state index contributed by atoms with van der Waals surface area (Å²) in [4.78, 5) is 19.7. The van der Waals surface area contributed by atoms with Crippen LogP contribution in [0.2, 0.25) is 0 Å². The molecule has 158 valence electrons. The molecule has 0 atom stereocenters. The number of halogens is 3. The summed E-state index contributed by atoms with van der Waals surface area (Å²) < 4.78 is 46.9. The summed E-state index contributed by atoms with van der Waals surface area (Å²) >= 11 is 0. The van der Waals surface area contributed by atoms with E-state index < -0.39 is 12.5 Å². The highest BCUT2D eigenvalue weighted by Crippen LogP contribution is 2.28. The van der Waals surface area contributed by atoms with Gasteiger partial charge in [-0.15, -0.1) is 13.2 Å².